The Hall–Kier alpha value is -1.91. The lowest BCUT2D eigenvalue weighted by atomic mass is 9.93. The molecule has 0 fully saturated rings. The van der Waals surface area contributed by atoms with Gasteiger partial charge in [0, 0.05) is 16.8 Å². The van der Waals surface area contributed by atoms with Gasteiger partial charge in [0.25, 0.3) is 0 Å². The number of benzene rings is 1. The fourth-order valence-corrected chi connectivity index (χ4v) is 3.39. The van der Waals surface area contributed by atoms with E-state index in [4.69, 9.17) is 11.6 Å². The second kappa shape index (κ2) is 6.07. The minimum Gasteiger partial charge on any atom is -0.294 e. The largest absolute Gasteiger partial charge is 0.294 e. The molecule has 3 rings (SSSR count). The van der Waals surface area contributed by atoms with E-state index in [0.29, 0.717) is 17.1 Å². The summed E-state index contributed by atoms with van der Waals surface area (Å²) in [4.78, 5) is 27.5. The lowest BCUT2D eigenvalue weighted by Gasteiger charge is -2.31. The average Bonchev–Trinajstić information content (AvgIpc) is 3.03. The number of hydrogen-bond acceptors (Lipinski definition) is 3. The van der Waals surface area contributed by atoms with E-state index >= 15 is 0 Å². The smallest absolute Gasteiger partial charge is 0.242 e. The number of ketones is 1. The van der Waals surface area contributed by atoms with Crippen molar-refractivity contribution in [1.29, 1.82) is 0 Å². The molecule has 0 bridgehead atoms. The normalized spacial score (nSPS) is 18.5. The maximum Gasteiger partial charge on any atom is 0.242 e. The molecular weight excluding hydrogens is 318 g/mol. The third kappa shape index (κ3) is 2.60. The maximum atomic E-state index is 12.8. The topological polar surface area (TPSA) is 37.4 Å². The Labute approximate surface area is 137 Å². The fourth-order valence-electron chi connectivity index (χ4n) is 2.53. The number of carbonyl (C=O) groups excluding carboxylic acids is 2. The molecule has 112 valence electrons. The molecule has 2 aromatic rings. The van der Waals surface area contributed by atoms with Crippen molar-refractivity contribution in [3.05, 3.63) is 57.8 Å². The van der Waals surface area contributed by atoms with Crippen molar-refractivity contribution in [2.45, 2.75) is 13.3 Å². The van der Waals surface area contributed by atoms with Crippen LogP contribution < -0.4 is 4.90 Å². The SMILES string of the molecule is CCC1C(=O)C=C(c2cccs2)N(c2ccc(Cl)cc2)C1=O. The van der Waals surface area contributed by atoms with Gasteiger partial charge in [-0.05, 0) is 42.1 Å². The third-order valence-electron chi connectivity index (χ3n) is 3.65. The molecule has 0 spiro atoms. The molecule has 3 nitrogen and oxygen atoms in total. The Morgan fingerprint density at radius 2 is 1.91 bits per heavy atom. The molecule has 2 heterocycles. The van der Waals surface area contributed by atoms with E-state index in [1.54, 1.807) is 35.2 Å². The molecule has 1 unspecified atom stereocenters. The highest BCUT2D eigenvalue weighted by molar-refractivity contribution is 7.11. The Morgan fingerprint density at radius 1 is 1.18 bits per heavy atom. The summed E-state index contributed by atoms with van der Waals surface area (Å²) in [6.07, 6.45) is 2.08. The lowest BCUT2D eigenvalue weighted by Crippen LogP contribution is -2.41. The van der Waals surface area contributed by atoms with Gasteiger partial charge in [-0.3, -0.25) is 14.5 Å². The van der Waals surface area contributed by atoms with Gasteiger partial charge in [0.1, 0.15) is 5.92 Å². The predicted molar refractivity (Wildman–Crippen MR) is 90.0 cm³/mol. The van der Waals surface area contributed by atoms with Crippen molar-refractivity contribution in [1.82, 2.24) is 0 Å². The van der Waals surface area contributed by atoms with E-state index in [2.05, 4.69) is 0 Å². The molecule has 0 saturated heterocycles. The van der Waals surface area contributed by atoms with Crippen molar-refractivity contribution in [2.24, 2.45) is 5.92 Å². The monoisotopic (exact) mass is 331 g/mol. The maximum absolute atomic E-state index is 12.8. The fraction of sp³-hybridized carbons (Fsp3) is 0.176. The second-order valence-electron chi connectivity index (χ2n) is 5.02. The van der Waals surface area contributed by atoms with E-state index in [1.807, 2.05) is 24.4 Å². The molecule has 1 amide bonds. The Kier molecular flexibility index (Phi) is 4.14. The van der Waals surface area contributed by atoms with Gasteiger partial charge in [-0.1, -0.05) is 24.6 Å². The van der Waals surface area contributed by atoms with Crippen LogP contribution in [0.3, 0.4) is 0 Å². The van der Waals surface area contributed by atoms with Crippen LogP contribution in [0.2, 0.25) is 5.02 Å². The zero-order valence-corrected chi connectivity index (χ0v) is 13.5. The molecular formula is C17H14ClNO2S. The number of hydrogen-bond donors (Lipinski definition) is 0. The van der Waals surface area contributed by atoms with Crippen LogP contribution in [-0.2, 0) is 9.59 Å². The molecule has 0 aliphatic carbocycles. The molecule has 1 aromatic heterocycles. The third-order valence-corrected chi connectivity index (χ3v) is 4.79. The molecule has 0 saturated carbocycles. The Bertz CT molecular complexity index is 735. The number of rotatable bonds is 3. The summed E-state index contributed by atoms with van der Waals surface area (Å²) in [6, 6.07) is 10.9. The van der Waals surface area contributed by atoms with E-state index < -0.39 is 5.92 Å². The summed E-state index contributed by atoms with van der Waals surface area (Å²) in [5.41, 5.74) is 1.36. The first-order chi connectivity index (χ1) is 10.6. The predicted octanol–water partition coefficient (Wildman–Crippen LogP) is 4.38. The summed E-state index contributed by atoms with van der Waals surface area (Å²) in [5, 5.41) is 2.54. The number of amides is 1. The van der Waals surface area contributed by atoms with E-state index in [-0.39, 0.29) is 11.7 Å². The number of halogens is 1. The summed E-state index contributed by atoms with van der Waals surface area (Å²) >= 11 is 7.44. The highest BCUT2D eigenvalue weighted by atomic mass is 35.5. The van der Waals surface area contributed by atoms with Crippen LogP contribution >= 0.6 is 22.9 Å². The minimum absolute atomic E-state index is 0.124. The molecule has 0 radical (unpaired) electrons. The first-order valence-electron chi connectivity index (χ1n) is 7.00. The first-order valence-corrected chi connectivity index (χ1v) is 8.26. The van der Waals surface area contributed by atoms with Crippen LogP contribution in [0.1, 0.15) is 18.2 Å². The molecule has 22 heavy (non-hydrogen) atoms. The van der Waals surface area contributed by atoms with Gasteiger partial charge in [0.05, 0.1) is 10.6 Å². The molecule has 1 aliphatic rings. The van der Waals surface area contributed by atoms with Crippen LogP contribution in [-0.4, -0.2) is 11.7 Å². The minimum atomic E-state index is -0.612. The second-order valence-corrected chi connectivity index (χ2v) is 6.40. The van der Waals surface area contributed by atoms with Crippen LogP contribution in [0.25, 0.3) is 5.70 Å². The summed E-state index contributed by atoms with van der Waals surface area (Å²) in [7, 11) is 0. The zero-order valence-electron chi connectivity index (χ0n) is 12.0. The van der Waals surface area contributed by atoms with Crippen molar-refractivity contribution in [2.75, 3.05) is 4.90 Å². The van der Waals surface area contributed by atoms with Crippen molar-refractivity contribution in [3.8, 4) is 0 Å². The summed E-state index contributed by atoms with van der Waals surface area (Å²) in [6.45, 7) is 1.85. The highest BCUT2D eigenvalue weighted by Gasteiger charge is 2.36. The molecule has 1 aliphatic heterocycles. The van der Waals surface area contributed by atoms with Crippen molar-refractivity contribution < 1.29 is 9.59 Å². The highest BCUT2D eigenvalue weighted by Crippen LogP contribution is 2.35. The van der Waals surface area contributed by atoms with Crippen LogP contribution in [0.15, 0.2) is 47.9 Å². The van der Waals surface area contributed by atoms with E-state index in [9.17, 15) is 9.59 Å². The van der Waals surface area contributed by atoms with Crippen LogP contribution in [0, 0.1) is 5.92 Å². The summed E-state index contributed by atoms with van der Waals surface area (Å²) in [5.74, 6) is -0.916. The molecule has 1 atom stereocenters. The molecule has 1 aromatic carbocycles. The van der Waals surface area contributed by atoms with Crippen molar-refractivity contribution >= 4 is 46.0 Å². The van der Waals surface area contributed by atoms with E-state index in [0.717, 1.165) is 10.6 Å². The van der Waals surface area contributed by atoms with Gasteiger partial charge >= 0.3 is 0 Å². The molecule has 5 heteroatoms. The number of carbonyl (C=O) groups is 2. The van der Waals surface area contributed by atoms with Gasteiger partial charge < -0.3 is 0 Å². The van der Waals surface area contributed by atoms with Crippen LogP contribution in [0.4, 0.5) is 5.69 Å². The average molecular weight is 332 g/mol. The lowest BCUT2D eigenvalue weighted by molar-refractivity contribution is -0.130. The number of thiophene rings is 1. The van der Waals surface area contributed by atoms with Gasteiger partial charge in [0.2, 0.25) is 5.91 Å². The Morgan fingerprint density at radius 3 is 2.50 bits per heavy atom. The number of allylic oxidation sites excluding steroid dienone is 1. The number of anilines is 1. The standard InChI is InChI=1S/C17H14ClNO2S/c1-2-13-15(20)10-14(16-4-3-9-22-16)19(17(13)21)12-7-5-11(18)6-8-12/h3-10,13H,2H2,1H3. The Balaban J connectivity index is 2.13. The molecule has 0 N–H and O–H groups in total. The van der Waals surface area contributed by atoms with Crippen molar-refractivity contribution in [3.63, 3.8) is 0 Å². The van der Waals surface area contributed by atoms with E-state index in [1.165, 1.54) is 11.3 Å². The summed E-state index contributed by atoms with van der Waals surface area (Å²) < 4.78 is 0. The number of nitrogens with zero attached hydrogens (tertiary/aromatic N) is 1. The zero-order chi connectivity index (χ0) is 15.7. The quantitative estimate of drug-likeness (QED) is 0.782. The van der Waals surface area contributed by atoms with Gasteiger partial charge in [0.15, 0.2) is 5.78 Å². The van der Waals surface area contributed by atoms with Crippen LogP contribution in [0.5, 0.6) is 0 Å². The van der Waals surface area contributed by atoms with Gasteiger partial charge in [-0.2, -0.15) is 0 Å². The first kappa shape index (κ1) is 15.0. The van der Waals surface area contributed by atoms with Gasteiger partial charge in [-0.25, -0.2) is 0 Å². The van der Waals surface area contributed by atoms with Gasteiger partial charge in [-0.15, -0.1) is 11.3 Å².